The molecule has 0 spiro atoms. The average molecular weight is 324 g/mol. The fraction of sp³-hybridized carbons (Fsp3) is 0.381. The number of aliphatic imine (C=N–C) groups is 1. The molecule has 0 radical (unpaired) electrons. The number of hydrogen-bond acceptors (Lipinski definition) is 2. The molecule has 2 N–H and O–H groups in total. The quantitative estimate of drug-likeness (QED) is 0.571. The van der Waals surface area contributed by atoms with E-state index in [0.29, 0.717) is 5.84 Å². The topological polar surface area (TPSA) is 47.6 Å². The Bertz CT molecular complexity index is 755. The third-order valence-electron chi connectivity index (χ3n) is 4.05. The maximum atomic E-state index is 6.13. The maximum absolute atomic E-state index is 6.13. The second kappa shape index (κ2) is 7.08. The van der Waals surface area contributed by atoms with E-state index in [1.165, 1.54) is 5.56 Å². The van der Waals surface area contributed by atoms with Crippen LogP contribution in [0, 0.1) is 13.8 Å². The lowest BCUT2D eigenvalue weighted by Crippen LogP contribution is -2.10. The van der Waals surface area contributed by atoms with Crippen molar-refractivity contribution in [3.8, 4) is 11.5 Å². The van der Waals surface area contributed by atoms with Gasteiger partial charge in [0.25, 0.3) is 0 Å². The molecule has 0 amide bonds. The van der Waals surface area contributed by atoms with Gasteiger partial charge < -0.3 is 10.5 Å². The number of nitrogens with zero attached hydrogens (tertiary/aromatic N) is 1. The molecule has 0 saturated carbocycles. The van der Waals surface area contributed by atoms with E-state index >= 15 is 0 Å². The van der Waals surface area contributed by atoms with Crippen molar-refractivity contribution in [1.82, 2.24) is 0 Å². The first kappa shape index (κ1) is 18.1. The van der Waals surface area contributed by atoms with Crippen LogP contribution in [0.4, 0.5) is 5.69 Å². The molecule has 128 valence electrons. The van der Waals surface area contributed by atoms with Gasteiger partial charge >= 0.3 is 0 Å². The zero-order valence-corrected chi connectivity index (χ0v) is 15.6. The number of nitrogens with two attached hydrogens (primary N) is 1. The van der Waals surface area contributed by atoms with Gasteiger partial charge in [-0.25, -0.2) is 4.99 Å². The Morgan fingerprint density at radius 2 is 1.79 bits per heavy atom. The first-order valence-electron chi connectivity index (χ1n) is 8.43. The van der Waals surface area contributed by atoms with E-state index in [9.17, 15) is 0 Å². The lowest BCUT2D eigenvalue weighted by atomic mass is 9.87. The van der Waals surface area contributed by atoms with E-state index in [-0.39, 0.29) is 5.41 Å². The molecule has 0 saturated heterocycles. The van der Waals surface area contributed by atoms with E-state index < -0.39 is 0 Å². The number of rotatable bonds is 4. The molecule has 0 aromatic heterocycles. The van der Waals surface area contributed by atoms with Crippen LogP contribution in [0.3, 0.4) is 0 Å². The van der Waals surface area contributed by atoms with Crippen LogP contribution in [0.25, 0.3) is 0 Å². The third-order valence-corrected chi connectivity index (χ3v) is 4.05. The molecular formula is C21H28N2O. The zero-order chi connectivity index (χ0) is 17.9. The fourth-order valence-electron chi connectivity index (χ4n) is 2.39. The molecule has 2 rings (SSSR count). The first-order chi connectivity index (χ1) is 11.2. The molecule has 0 unspecified atom stereocenters. The Kier molecular flexibility index (Phi) is 5.33. The molecule has 0 atom stereocenters. The Labute approximate surface area is 145 Å². The van der Waals surface area contributed by atoms with E-state index in [2.05, 4.69) is 37.9 Å². The van der Waals surface area contributed by atoms with Crippen molar-refractivity contribution < 1.29 is 4.74 Å². The summed E-state index contributed by atoms with van der Waals surface area (Å²) in [5.74, 6) is 2.35. The summed E-state index contributed by atoms with van der Waals surface area (Å²) < 4.78 is 6.13. The van der Waals surface area contributed by atoms with Gasteiger partial charge in [0.15, 0.2) is 0 Å². The minimum atomic E-state index is 0.0978. The largest absolute Gasteiger partial charge is 0.457 e. The zero-order valence-electron chi connectivity index (χ0n) is 15.6. The van der Waals surface area contributed by atoms with Crippen molar-refractivity contribution in [2.45, 2.75) is 53.4 Å². The standard InChI is InChI=1S/C21H28N2O/c1-7-20(22)23-18-11-15(3)19(12-14(18)2)24-17-10-8-9-16(13-17)21(4,5)6/h8-13H,7H2,1-6H3,(H2,22,23). The molecule has 3 heteroatoms. The first-order valence-corrected chi connectivity index (χ1v) is 8.43. The second-order valence-electron chi connectivity index (χ2n) is 7.24. The highest BCUT2D eigenvalue weighted by molar-refractivity contribution is 5.83. The van der Waals surface area contributed by atoms with Crippen LogP contribution < -0.4 is 10.5 Å². The van der Waals surface area contributed by atoms with E-state index in [1.54, 1.807) is 0 Å². The Balaban J connectivity index is 2.33. The Morgan fingerprint density at radius 3 is 2.42 bits per heavy atom. The van der Waals surface area contributed by atoms with Crippen molar-refractivity contribution in [3.05, 3.63) is 53.1 Å². The summed E-state index contributed by atoms with van der Waals surface area (Å²) in [6, 6.07) is 12.3. The van der Waals surface area contributed by atoms with E-state index in [1.807, 2.05) is 45.0 Å². The molecule has 0 aliphatic rings. The summed E-state index contributed by atoms with van der Waals surface area (Å²) in [6.45, 7) is 12.7. The molecular weight excluding hydrogens is 296 g/mol. The van der Waals surface area contributed by atoms with Crippen LogP contribution in [0.1, 0.15) is 50.8 Å². The van der Waals surface area contributed by atoms with Gasteiger partial charge in [-0.1, -0.05) is 39.8 Å². The van der Waals surface area contributed by atoms with Crippen LogP contribution in [-0.4, -0.2) is 5.84 Å². The van der Waals surface area contributed by atoms with Gasteiger partial charge in [0.1, 0.15) is 11.5 Å². The summed E-state index contributed by atoms with van der Waals surface area (Å²) in [5, 5.41) is 0. The molecule has 0 bridgehead atoms. The lowest BCUT2D eigenvalue weighted by molar-refractivity contribution is 0.474. The van der Waals surface area contributed by atoms with Gasteiger partial charge in [-0.15, -0.1) is 0 Å². The number of hydrogen-bond donors (Lipinski definition) is 1. The number of benzene rings is 2. The van der Waals surface area contributed by atoms with Gasteiger partial charge in [0, 0.05) is 6.42 Å². The van der Waals surface area contributed by atoms with Crippen molar-refractivity contribution in [2.24, 2.45) is 10.7 Å². The fourth-order valence-corrected chi connectivity index (χ4v) is 2.39. The van der Waals surface area contributed by atoms with Gasteiger partial charge in [0.05, 0.1) is 11.5 Å². The van der Waals surface area contributed by atoms with Crippen molar-refractivity contribution >= 4 is 11.5 Å². The summed E-state index contributed by atoms with van der Waals surface area (Å²) in [6.07, 6.45) is 0.746. The van der Waals surface area contributed by atoms with E-state index in [4.69, 9.17) is 10.5 Å². The van der Waals surface area contributed by atoms with Crippen molar-refractivity contribution in [1.29, 1.82) is 0 Å². The molecule has 0 fully saturated rings. The second-order valence-corrected chi connectivity index (χ2v) is 7.24. The summed E-state index contributed by atoms with van der Waals surface area (Å²) in [5.41, 5.74) is 10.2. The minimum Gasteiger partial charge on any atom is -0.457 e. The third kappa shape index (κ3) is 4.38. The number of aryl methyl sites for hydroxylation is 2. The average Bonchev–Trinajstić information content (AvgIpc) is 2.51. The summed E-state index contributed by atoms with van der Waals surface area (Å²) in [4.78, 5) is 4.47. The molecule has 0 aliphatic heterocycles. The molecule has 0 aliphatic carbocycles. The smallest absolute Gasteiger partial charge is 0.130 e. The molecule has 2 aromatic rings. The highest BCUT2D eigenvalue weighted by Gasteiger charge is 2.14. The Morgan fingerprint density at radius 1 is 1.08 bits per heavy atom. The molecule has 3 nitrogen and oxygen atoms in total. The summed E-state index contributed by atoms with van der Waals surface area (Å²) in [7, 11) is 0. The predicted molar refractivity (Wildman–Crippen MR) is 103 cm³/mol. The van der Waals surface area contributed by atoms with E-state index in [0.717, 1.165) is 34.7 Å². The molecule has 24 heavy (non-hydrogen) atoms. The Hall–Kier alpha value is -2.29. The van der Waals surface area contributed by atoms with Gasteiger partial charge in [-0.05, 0) is 60.2 Å². The van der Waals surface area contributed by atoms with Crippen LogP contribution in [0.2, 0.25) is 0 Å². The maximum Gasteiger partial charge on any atom is 0.130 e. The minimum absolute atomic E-state index is 0.0978. The SMILES string of the molecule is CCC(N)=Nc1cc(C)c(Oc2cccc(C(C)(C)C)c2)cc1C. The van der Waals surface area contributed by atoms with Crippen LogP contribution in [0.5, 0.6) is 11.5 Å². The highest BCUT2D eigenvalue weighted by atomic mass is 16.5. The summed E-state index contributed by atoms with van der Waals surface area (Å²) >= 11 is 0. The lowest BCUT2D eigenvalue weighted by Gasteiger charge is -2.20. The normalized spacial score (nSPS) is 12.3. The van der Waals surface area contributed by atoms with Gasteiger partial charge in [-0.3, -0.25) is 0 Å². The van der Waals surface area contributed by atoms with Crippen LogP contribution in [-0.2, 0) is 5.41 Å². The van der Waals surface area contributed by atoms with Gasteiger partial charge in [0.2, 0.25) is 0 Å². The van der Waals surface area contributed by atoms with Gasteiger partial charge in [-0.2, -0.15) is 0 Å². The molecule has 2 aromatic carbocycles. The predicted octanol–water partition coefficient (Wildman–Crippen LogP) is 5.79. The number of amidine groups is 1. The van der Waals surface area contributed by atoms with Crippen molar-refractivity contribution in [2.75, 3.05) is 0 Å². The monoisotopic (exact) mass is 324 g/mol. The van der Waals surface area contributed by atoms with Crippen LogP contribution in [0.15, 0.2) is 41.4 Å². The highest BCUT2D eigenvalue weighted by Crippen LogP contribution is 2.33. The van der Waals surface area contributed by atoms with Crippen molar-refractivity contribution in [3.63, 3.8) is 0 Å². The van der Waals surface area contributed by atoms with Crippen LogP contribution >= 0.6 is 0 Å². The number of ether oxygens (including phenoxy) is 1. The molecule has 0 heterocycles.